The molecule has 200 valence electrons. The summed E-state index contributed by atoms with van der Waals surface area (Å²) in [6.07, 6.45) is 4.41. The van der Waals surface area contributed by atoms with E-state index in [4.69, 9.17) is 0 Å². The molecule has 7 aromatic rings. The van der Waals surface area contributed by atoms with Gasteiger partial charge in [-0.1, -0.05) is 97.1 Å². The Labute approximate surface area is 249 Å². The molecule has 42 heavy (non-hydrogen) atoms. The molecule has 1 aliphatic rings. The summed E-state index contributed by atoms with van der Waals surface area (Å²) in [7, 11) is 0. The second kappa shape index (κ2) is 10.4. The van der Waals surface area contributed by atoms with Gasteiger partial charge in [0.25, 0.3) is 0 Å². The van der Waals surface area contributed by atoms with E-state index in [1.807, 2.05) is 11.3 Å². The van der Waals surface area contributed by atoms with Gasteiger partial charge in [0, 0.05) is 49.5 Å². The zero-order chi connectivity index (χ0) is 27.9. The standard InChI is InChI=1S/C39H28N2S/c1-3-8-27(9-4-1)28-13-18-33(19-14-28)41(32-11-5-2-6-12-32)34-20-15-29(16-21-34)30-17-22-35-36-24-31-10-7-23-40-37(31)26-39(36)42-38(35)25-30/h1-22,24-26,40H,23H2. The zero-order valence-electron chi connectivity index (χ0n) is 23.0. The van der Waals surface area contributed by atoms with Crippen molar-refractivity contribution in [2.45, 2.75) is 0 Å². The summed E-state index contributed by atoms with van der Waals surface area (Å²) in [5.41, 5.74) is 10.8. The summed E-state index contributed by atoms with van der Waals surface area (Å²) in [4.78, 5) is 2.32. The molecule has 0 aliphatic carbocycles. The highest BCUT2D eigenvalue weighted by Crippen LogP contribution is 2.41. The Morgan fingerprint density at radius 3 is 1.79 bits per heavy atom. The molecular formula is C39H28N2S. The van der Waals surface area contributed by atoms with Gasteiger partial charge in [-0.15, -0.1) is 11.3 Å². The molecule has 0 saturated heterocycles. The predicted octanol–water partition coefficient (Wildman–Crippen LogP) is 11.3. The summed E-state index contributed by atoms with van der Waals surface area (Å²) < 4.78 is 2.65. The number of hydrogen-bond donors (Lipinski definition) is 1. The van der Waals surface area contributed by atoms with Crippen LogP contribution in [-0.4, -0.2) is 6.54 Å². The molecule has 0 spiro atoms. The molecule has 3 heteroatoms. The molecule has 0 saturated carbocycles. The zero-order valence-corrected chi connectivity index (χ0v) is 23.8. The van der Waals surface area contributed by atoms with Gasteiger partial charge in [-0.2, -0.15) is 0 Å². The summed E-state index contributed by atoms with van der Waals surface area (Å²) in [5.74, 6) is 0. The lowest BCUT2D eigenvalue weighted by atomic mass is 10.0. The van der Waals surface area contributed by atoms with E-state index in [0.717, 1.165) is 23.6 Å². The van der Waals surface area contributed by atoms with Crippen LogP contribution < -0.4 is 10.2 Å². The van der Waals surface area contributed by atoms with Crippen LogP contribution in [0.3, 0.4) is 0 Å². The van der Waals surface area contributed by atoms with Crippen molar-refractivity contribution in [2.24, 2.45) is 0 Å². The van der Waals surface area contributed by atoms with Crippen molar-refractivity contribution in [3.05, 3.63) is 151 Å². The van der Waals surface area contributed by atoms with Gasteiger partial charge in [-0.3, -0.25) is 0 Å². The summed E-state index contributed by atoms with van der Waals surface area (Å²) in [5, 5.41) is 6.16. The molecule has 0 radical (unpaired) electrons. The second-order valence-corrected chi connectivity index (χ2v) is 11.7. The van der Waals surface area contributed by atoms with Crippen LogP contribution in [0.5, 0.6) is 0 Å². The average Bonchev–Trinajstić information content (AvgIpc) is 3.42. The first-order valence-electron chi connectivity index (χ1n) is 14.3. The molecule has 6 aromatic carbocycles. The Hall–Kier alpha value is -5.12. The molecule has 1 N–H and O–H groups in total. The van der Waals surface area contributed by atoms with E-state index in [9.17, 15) is 0 Å². The molecule has 0 bridgehead atoms. The van der Waals surface area contributed by atoms with E-state index in [0.29, 0.717) is 0 Å². The fraction of sp³-hybridized carbons (Fsp3) is 0.0256. The number of para-hydroxylation sites is 1. The van der Waals surface area contributed by atoms with E-state index in [1.54, 1.807) is 0 Å². The molecule has 2 nitrogen and oxygen atoms in total. The van der Waals surface area contributed by atoms with Crippen molar-refractivity contribution in [3.63, 3.8) is 0 Å². The lowest BCUT2D eigenvalue weighted by molar-refractivity contribution is 1.28. The third-order valence-electron chi connectivity index (χ3n) is 8.06. The highest BCUT2D eigenvalue weighted by molar-refractivity contribution is 7.25. The Bertz CT molecular complexity index is 2060. The third-order valence-corrected chi connectivity index (χ3v) is 9.17. The average molecular weight is 557 g/mol. The lowest BCUT2D eigenvalue weighted by Crippen LogP contribution is -2.09. The summed E-state index contributed by atoms with van der Waals surface area (Å²) >= 11 is 1.87. The van der Waals surface area contributed by atoms with Crippen molar-refractivity contribution in [1.29, 1.82) is 0 Å². The molecule has 2 heterocycles. The smallest absolute Gasteiger partial charge is 0.0462 e. The van der Waals surface area contributed by atoms with Gasteiger partial charge in [0.15, 0.2) is 0 Å². The van der Waals surface area contributed by atoms with Crippen LogP contribution in [0.2, 0.25) is 0 Å². The minimum absolute atomic E-state index is 0.893. The number of thiophene rings is 1. The molecular weight excluding hydrogens is 529 g/mol. The number of anilines is 4. The van der Waals surface area contributed by atoms with Gasteiger partial charge in [0.1, 0.15) is 0 Å². The number of fused-ring (bicyclic) bond motifs is 4. The van der Waals surface area contributed by atoms with E-state index in [-0.39, 0.29) is 0 Å². The van der Waals surface area contributed by atoms with Crippen molar-refractivity contribution in [3.8, 4) is 22.3 Å². The molecule has 1 aliphatic heterocycles. The van der Waals surface area contributed by atoms with Crippen LogP contribution in [0.15, 0.2) is 146 Å². The van der Waals surface area contributed by atoms with E-state index >= 15 is 0 Å². The van der Waals surface area contributed by atoms with Crippen molar-refractivity contribution in [2.75, 3.05) is 16.8 Å². The maximum Gasteiger partial charge on any atom is 0.0462 e. The first-order valence-corrected chi connectivity index (χ1v) is 15.1. The molecule has 0 amide bonds. The van der Waals surface area contributed by atoms with Crippen LogP contribution in [0, 0.1) is 0 Å². The maximum absolute atomic E-state index is 3.50. The lowest BCUT2D eigenvalue weighted by Gasteiger charge is -2.26. The summed E-state index contributed by atoms with van der Waals surface area (Å²) in [6.45, 7) is 0.893. The van der Waals surface area contributed by atoms with Crippen molar-refractivity contribution >= 4 is 60.3 Å². The van der Waals surface area contributed by atoms with Crippen molar-refractivity contribution in [1.82, 2.24) is 0 Å². The topological polar surface area (TPSA) is 15.3 Å². The van der Waals surface area contributed by atoms with E-state index < -0.39 is 0 Å². The van der Waals surface area contributed by atoms with Gasteiger partial charge in [0.05, 0.1) is 0 Å². The molecule has 0 atom stereocenters. The number of nitrogens with one attached hydrogen (secondary N) is 1. The second-order valence-electron chi connectivity index (χ2n) is 10.7. The number of nitrogens with zero attached hydrogens (tertiary/aromatic N) is 1. The van der Waals surface area contributed by atoms with Crippen LogP contribution >= 0.6 is 11.3 Å². The van der Waals surface area contributed by atoms with Gasteiger partial charge in [-0.25, -0.2) is 0 Å². The van der Waals surface area contributed by atoms with Gasteiger partial charge >= 0.3 is 0 Å². The predicted molar refractivity (Wildman–Crippen MR) is 182 cm³/mol. The fourth-order valence-electron chi connectivity index (χ4n) is 5.93. The van der Waals surface area contributed by atoms with E-state index in [1.165, 1.54) is 53.7 Å². The monoisotopic (exact) mass is 556 g/mol. The van der Waals surface area contributed by atoms with Gasteiger partial charge in [0.2, 0.25) is 0 Å². The van der Waals surface area contributed by atoms with Crippen LogP contribution in [0.4, 0.5) is 22.7 Å². The first-order chi connectivity index (χ1) is 20.8. The molecule has 0 fully saturated rings. The minimum atomic E-state index is 0.893. The Balaban J connectivity index is 1.14. The quantitative estimate of drug-likeness (QED) is 0.227. The molecule has 0 unspecified atom stereocenters. The van der Waals surface area contributed by atoms with Gasteiger partial charge < -0.3 is 10.2 Å². The SMILES string of the molecule is C1=Cc2cc3c(cc2NC1)sc1cc(-c2ccc(N(c4ccccc4)c4ccc(-c5ccccc5)cc4)cc2)ccc13. The van der Waals surface area contributed by atoms with Gasteiger partial charge in [-0.05, 0) is 82.4 Å². The summed E-state index contributed by atoms with van der Waals surface area (Å²) in [6, 6.07) is 50.4. The first kappa shape index (κ1) is 24.7. The fourth-order valence-corrected chi connectivity index (χ4v) is 7.09. The van der Waals surface area contributed by atoms with Crippen LogP contribution in [0.1, 0.15) is 5.56 Å². The van der Waals surface area contributed by atoms with Crippen molar-refractivity contribution < 1.29 is 0 Å². The van der Waals surface area contributed by atoms with E-state index in [2.05, 4.69) is 162 Å². The third kappa shape index (κ3) is 4.45. The maximum atomic E-state index is 3.50. The minimum Gasteiger partial charge on any atom is -0.381 e. The Morgan fingerprint density at radius 1 is 0.500 bits per heavy atom. The number of hydrogen-bond acceptors (Lipinski definition) is 3. The number of rotatable bonds is 5. The largest absolute Gasteiger partial charge is 0.381 e. The Kier molecular flexibility index (Phi) is 6.09. The molecule has 8 rings (SSSR count). The number of benzene rings is 6. The Morgan fingerprint density at radius 2 is 1.07 bits per heavy atom. The molecule has 1 aromatic heterocycles. The normalized spacial score (nSPS) is 12.3. The van der Waals surface area contributed by atoms with Crippen LogP contribution in [0.25, 0.3) is 48.5 Å². The highest BCUT2D eigenvalue weighted by atomic mass is 32.1. The van der Waals surface area contributed by atoms with Crippen LogP contribution in [-0.2, 0) is 0 Å². The highest BCUT2D eigenvalue weighted by Gasteiger charge is 2.14.